The van der Waals surface area contributed by atoms with E-state index < -0.39 is 11.9 Å². The highest BCUT2D eigenvalue weighted by atomic mass is 16.4. The van der Waals surface area contributed by atoms with Crippen LogP contribution in [0, 0.1) is 5.92 Å². The topological polar surface area (TPSA) is 124 Å². The Morgan fingerprint density at radius 3 is 2.32 bits per heavy atom. The molecule has 2 aliphatic rings. The third-order valence-electron chi connectivity index (χ3n) is 7.82. The number of piperidine rings is 1. The van der Waals surface area contributed by atoms with Crippen molar-refractivity contribution in [2.45, 2.75) is 83.2 Å². The Morgan fingerprint density at radius 2 is 1.76 bits per heavy atom. The van der Waals surface area contributed by atoms with Crippen molar-refractivity contribution in [1.82, 2.24) is 9.80 Å². The number of nitrogens with two attached hydrogens (primary N) is 1. The number of hydrogen-bond acceptors (Lipinski definition) is 5. The SMILES string of the molecule is CCC(CC)CN(CCN1C2CCC1CC(c1cccc(C(N)=O)c1O)C2)C(=O)CCC(=O)O. The van der Waals surface area contributed by atoms with Crippen LogP contribution < -0.4 is 5.73 Å². The molecule has 1 aromatic rings. The minimum Gasteiger partial charge on any atom is -0.507 e. The van der Waals surface area contributed by atoms with Gasteiger partial charge < -0.3 is 20.8 Å². The fourth-order valence-corrected chi connectivity index (χ4v) is 5.77. The molecule has 3 rings (SSSR count). The maximum Gasteiger partial charge on any atom is 0.303 e. The van der Waals surface area contributed by atoms with Crippen LogP contribution in [0.1, 0.15) is 87.1 Å². The standard InChI is InChI=1S/C26H39N3O5/c1-3-17(4-2)16-28(23(30)10-11-24(31)32)12-13-29-19-8-9-20(29)15-18(14-19)21-6-5-7-22(25(21)33)26(27)34/h5-7,17-20,33H,3-4,8-16H2,1-2H3,(H2,27,34)(H,31,32). The number of carbonyl (C=O) groups is 3. The Kier molecular flexibility index (Phi) is 8.94. The van der Waals surface area contributed by atoms with E-state index in [0.717, 1.165) is 50.6 Å². The Morgan fingerprint density at radius 1 is 1.12 bits per heavy atom. The van der Waals surface area contributed by atoms with Crippen molar-refractivity contribution in [1.29, 1.82) is 0 Å². The Balaban J connectivity index is 1.66. The van der Waals surface area contributed by atoms with Gasteiger partial charge in [0, 0.05) is 38.1 Å². The zero-order valence-corrected chi connectivity index (χ0v) is 20.4. The first-order valence-electron chi connectivity index (χ1n) is 12.6. The quantitative estimate of drug-likeness (QED) is 0.428. The van der Waals surface area contributed by atoms with Crippen molar-refractivity contribution in [2.75, 3.05) is 19.6 Å². The van der Waals surface area contributed by atoms with Gasteiger partial charge in [-0.1, -0.05) is 38.8 Å². The molecule has 0 aromatic heterocycles. The number of rotatable bonds is 12. The van der Waals surface area contributed by atoms with E-state index in [1.165, 1.54) is 0 Å². The maximum atomic E-state index is 12.8. The molecule has 8 heteroatoms. The van der Waals surface area contributed by atoms with Gasteiger partial charge in [-0.15, -0.1) is 0 Å². The van der Waals surface area contributed by atoms with E-state index in [1.54, 1.807) is 12.1 Å². The van der Waals surface area contributed by atoms with E-state index in [0.29, 0.717) is 31.1 Å². The van der Waals surface area contributed by atoms with Crippen LogP contribution in [0.5, 0.6) is 5.75 Å². The number of primary amides is 1. The van der Waals surface area contributed by atoms with Gasteiger partial charge in [-0.25, -0.2) is 0 Å². The van der Waals surface area contributed by atoms with E-state index in [-0.39, 0.29) is 36.0 Å². The summed E-state index contributed by atoms with van der Waals surface area (Å²) in [4.78, 5) is 39.8. The summed E-state index contributed by atoms with van der Waals surface area (Å²) >= 11 is 0. The molecule has 2 aliphatic heterocycles. The van der Waals surface area contributed by atoms with Gasteiger partial charge in [-0.3, -0.25) is 19.3 Å². The Bertz CT molecular complexity index is 871. The molecule has 2 amide bonds. The molecule has 2 bridgehead atoms. The van der Waals surface area contributed by atoms with Gasteiger partial charge in [0.15, 0.2) is 0 Å². The highest BCUT2D eigenvalue weighted by molar-refractivity contribution is 5.96. The molecule has 0 radical (unpaired) electrons. The van der Waals surface area contributed by atoms with Gasteiger partial charge in [-0.05, 0) is 49.1 Å². The molecule has 0 aliphatic carbocycles. The van der Waals surface area contributed by atoms with Crippen LogP contribution in [0.3, 0.4) is 0 Å². The number of hydrogen-bond donors (Lipinski definition) is 3. The predicted octanol–water partition coefficient (Wildman–Crippen LogP) is 3.33. The van der Waals surface area contributed by atoms with Gasteiger partial charge in [0.1, 0.15) is 5.75 Å². The fourth-order valence-electron chi connectivity index (χ4n) is 5.77. The number of aromatic hydroxyl groups is 1. The minimum atomic E-state index is -0.945. The number of fused-ring (bicyclic) bond motifs is 2. The summed E-state index contributed by atoms with van der Waals surface area (Å²) in [5.74, 6) is -1.05. The highest BCUT2D eigenvalue weighted by Crippen LogP contribution is 2.45. The molecule has 34 heavy (non-hydrogen) atoms. The minimum absolute atomic E-state index is 0.00762. The van der Waals surface area contributed by atoms with Crippen LogP contribution in [0.4, 0.5) is 0 Å². The summed E-state index contributed by atoms with van der Waals surface area (Å²) in [5.41, 5.74) is 6.38. The zero-order chi connectivity index (χ0) is 24.8. The molecule has 188 valence electrons. The van der Waals surface area contributed by atoms with Crippen LogP contribution in [0.25, 0.3) is 0 Å². The monoisotopic (exact) mass is 473 g/mol. The summed E-state index contributed by atoms with van der Waals surface area (Å²) in [7, 11) is 0. The van der Waals surface area contributed by atoms with Crippen LogP contribution >= 0.6 is 0 Å². The summed E-state index contributed by atoms with van der Waals surface area (Å²) in [6.07, 6.45) is 5.83. The number of amides is 2. The lowest BCUT2D eigenvalue weighted by Gasteiger charge is -2.40. The van der Waals surface area contributed by atoms with Gasteiger partial charge in [0.25, 0.3) is 5.91 Å². The van der Waals surface area contributed by atoms with E-state index >= 15 is 0 Å². The second-order valence-corrected chi connectivity index (χ2v) is 9.81. The van der Waals surface area contributed by atoms with E-state index in [1.807, 2.05) is 11.0 Å². The van der Waals surface area contributed by atoms with E-state index in [4.69, 9.17) is 10.8 Å². The average molecular weight is 474 g/mol. The van der Waals surface area contributed by atoms with Gasteiger partial charge >= 0.3 is 5.97 Å². The van der Waals surface area contributed by atoms with Gasteiger partial charge in [0.05, 0.1) is 12.0 Å². The fraction of sp³-hybridized carbons (Fsp3) is 0.654. The summed E-state index contributed by atoms with van der Waals surface area (Å²) in [6, 6.07) is 5.96. The number of para-hydroxylation sites is 1. The third-order valence-corrected chi connectivity index (χ3v) is 7.82. The third kappa shape index (κ3) is 6.09. The first kappa shape index (κ1) is 26.0. The van der Waals surface area contributed by atoms with Crippen molar-refractivity contribution in [3.63, 3.8) is 0 Å². The smallest absolute Gasteiger partial charge is 0.303 e. The number of nitrogens with zero attached hydrogens (tertiary/aromatic N) is 2. The molecule has 2 unspecified atom stereocenters. The van der Waals surface area contributed by atoms with Crippen molar-refractivity contribution in [3.8, 4) is 5.75 Å². The number of carboxylic acids is 1. The Hall–Kier alpha value is -2.61. The Labute approximate surface area is 202 Å². The number of phenols is 1. The van der Waals surface area contributed by atoms with Crippen LogP contribution in [-0.2, 0) is 9.59 Å². The lowest BCUT2D eigenvalue weighted by atomic mass is 9.83. The van der Waals surface area contributed by atoms with Crippen molar-refractivity contribution in [2.24, 2.45) is 11.7 Å². The first-order valence-corrected chi connectivity index (χ1v) is 12.6. The number of aliphatic carboxylic acids is 1. The van der Waals surface area contributed by atoms with Crippen molar-refractivity contribution >= 4 is 17.8 Å². The molecule has 0 spiro atoms. The molecular weight excluding hydrogens is 434 g/mol. The van der Waals surface area contributed by atoms with E-state index in [9.17, 15) is 19.5 Å². The molecule has 2 saturated heterocycles. The lowest BCUT2D eigenvalue weighted by molar-refractivity contribution is -0.141. The number of carboxylic acid groups (broad SMARTS) is 1. The van der Waals surface area contributed by atoms with Crippen LogP contribution in [0.15, 0.2) is 18.2 Å². The number of carbonyl (C=O) groups excluding carboxylic acids is 2. The first-order chi connectivity index (χ1) is 16.2. The maximum absolute atomic E-state index is 12.8. The lowest BCUT2D eigenvalue weighted by Crippen LogP contribution is -2.47. The largest absolute Gasteiger partial charge is 0.507 e. The summed E-state index contributed by atoms with van der Waals surface area (Å²) < 4.78 is 0. The average Bonchev–Trinajstić information content (AvgIpc) is 3.04. The zero-order valence-electron chi connectivity index (χ0n) is 20.4. The van der Waals surface area contributed by atoms with Crippen molar-refractivity contribution < 1.29 is 24.6 Å². The molecule has 0 saturated carbocycles. The molecule has 1 aromatic carbocycles. The molecule has 8 nitrogen and oxygen atoms in total. The van der Waals surface area contributed by atoms with Crippen LogP contribution in [-0.4, -0.2) is 69.5 Å². The van der Waals surface area contributed by atoms with Crippen molar-refractivity contribution in [3.05, 3.63) is 29.3 Å². The molecule has 4 N–H and O–H groups in total. The highest BCUT2D eigenvalue weighted by Gasteiger charge is 2.41. The van der Waals surface area contributed by atoms with Gasteiger partial charge in [0.2, 0.25) is 5.91 Å². The number of benzene rings is 1. The second-order valence-electron chi connectivity index (χ2n) is 9.81. The van der Waals surface area contributed by atoms with Crippen LogP contribution in [0.2, 0.25) is 0 Å². The normalized spacial score (nSPS) is 22.1. The predicted molar refractivity (Wildman–Crippen MR) is 130 cm³/mol. The van der Waals surface area contributed by atoms with E-state index in [2.05, 4.69) is 18.7 Å². The molecule has 2 fully saturated rings. The second kappa shape index (κ2) is 11.7. The summed E-state index contributed by atoms with van der Waals surface area (Å²) in [6.45, 7) is 6.30. The molecular formula is C26H39N3O5. The molecule has 2 heterocycles. The molecule has 2 atom stereocenters. The van der Waals surface area contributed by atoms with Gasteiger partial charge in [-0.2, -0.15) is 0 Å². The summed E-state index contributed by atoms with van der Waals surface area (Å²) in [5, 5.41) is 19.6.